The molecule has 1 aliphatic rings. The molecule has 1 atom stereocenters. The van der Waals surface area contributed by atoms with Crippen LogP contribution < -0.4 is 10.6 Å². The van der Waals surface area contributed by atoms with Gasteiger partial charge in [0.15, 0.2) is 0 Å². The van der Waals surface area contributed by atoms with Crippen LogP contribution in [0, 0.1) is 6.92 Å². The van der Waals surface area contributed by atoms with Crippen LogP contribution in [0.15, 0.2) is 23.7 Å². The quantitative estimate of drug-likeness (QED) is 0.895. The monoisotopic (exact) mass is 347 g/mol. The fourth-order valence-corrected chi connectivity index (χ4v) is 3.51. The molecule has 0 bridgehead atoms. The fraction of sp³-hybridized carbons (Fsp3) is 0.438. The second-order valence-electron chi connectivity index (χ2n) is 5.82. The summed E-state index contributed by atoms with van der Waals surface area (Å²) in [6.45, 7) is 3.31. The van der Waals surface area contributed by atoms with Gasteiger partial charge in [-0.25, -0.2) is 4.79 Å². The number of thiophene rings is 1. The Labute approximate surface area is 144 Å². The van der Waals surface area contributed by atoms with Crippen molar-refractivity contribution in [2.45, 2.75) is 25.8 Å². The SMILES string of the molecule is CNC(=O)c1ccn(C2CCCN(C(=O)Nc3ccsc3C)C2)n1. The van der Waals surface area contributed by atoms with Gasteiger partial charge < -0.3 is 15.5 Å². The first-order valence-corrected chi connectivity index (χ1v) is 8.83. The highest BCUT2D eigenvalue weighted by atomic mass is 32.1. The third-order valence-electron chi connectivity index (χ3n) is 4.23. The number of carbonyl (C=O) groups is 2. The molecular weight excluding hydrogens is 326 g/mol. The number of piperidine rings is 1. The number of nitrogens with zero attached hydrogens (tertiary/aromatic N) is 3. The molecule has 0 aliphatic carbocycles. The van der Waals surface area contributed by atoms with Crippen molar-refractivity contribution in [2.24, 2.45) is 0 Å². The van der Waals surface area contributed by atoms with E-state index in [2.05, 4.69) is 15.7 Å². The lowest BCUT2D eigenvalue weighted by Crippen LogP contribution is -2.43. The molecule has 1 saturated heterocycles. The van der Waals surface area contributed by atoms with E-state index in [0.717, 1.165) is 30.0 Å². The minimum absolute atomic E-state index is 0.0834. The van der Waals surface area contributed by atoms with Crippen LogP contribution in [0.1, 0.15) is 34.2 Å². The van der Waals surface area contributed by atoms with Gasteiger partial charge in [0.2, 0.25) is 0 Å². The lowest BCUT2D eigenvalue weighted by atomic mass is 10.1. The zero-order chi connectivity index (χ0) is 17.1. The van der Waals surface area contributed by atoms with Gasteiger partial charge in [0.25, 0.3) is 5.91 Å². The first-order valence-electron chi connectivity index (χ1n) is 7.95. The Morgan fingerprint density at radius 2 is 2.21 bits per heavy atom. The summed E-state index contributed by atoms with van der Waals surface area (Å²) in [4.78, 5) is 27.0. The summed E-state index contributed by atoms with van der Waals surface area (Å²) < 4.78 is 1.79. The number of rotatable bonds is 3. The van der Waals surface area contributed by atoms with Crippen molar-refractivity contribution in [3.63, 3.8) is 0 Å². The summed E-state index contributed by atoms with van der Waals surface area (Å²) in [6.07, 6.45) is 3.66. The molecule has 0 aromatic carbocycles. The molecular formula is C16H21N5O2S. The largest absolute Gasteiger partial charge is 0.354 e. The lowest BCUT2D eigenvalue weighted by molar-refractivity contribution is 0.0956. The van der Waals surface area contributed by atoms with Crippen LogP contribution in [0.25, 0.3) is 0 Å². The van der Waals surface area contributed by atoms with Gasteiger partial charge in [0.1, 0.15) is 5.69 Å². The molecule has 3 rings (SSSR count). The Morgan fingerprint density at radius 1 is 1.38 bits per heavy atom. The maximum atomic E-state index is 12.5. The maximum absolute atomic E-state index is 12.5. The van der Waals surface area contributed by atoms with Crippen molar-refractivity contribution in [1.82, 2.24) is 20.0 Å². The van der Waals surface area contributed by atoms with Crippen LogP contribution in [-0.2, 0) is 0 Å². The molecule has 0 saturated carbocycles. The van der Waals surface area contributed by atoms with Gasteiger partial charge in [-0.05, 0) is 37.3 Å². The third-order valence-corrected chi connectivity index (χ3v) is 5.07. The van der Waals surface area contributed by atoms with Crippen LogP contribution in [0.2, 0.25) is 0 Å². The standard InChI is InChI=1S/C16H21N5O2S/c1-11-13(6-9-24-11)18-16(23)20-7-3-4-12(10-20)21-8-5-14(19-21)15(22)17-2/h5-6,8-9,12H,3-4,7,10H2,1-2H3,(H,17,22)(H,18,23). The average molecular weight is 347 g/mol. The van der Waals surface area contributed by atoms with Gasteiger partial charge in [-0.3, -0.25) is 9.48 Å². The second kappa shape index (κ2) is 7.04. The Morgan fingerprint density at radius 3 is 2.92 bits per heavy atom. The number of nitrogens with one attached hydrogen (secondary N) is 2. The summed E-state index contributed by atoms with van der Waals surface area (Å²) in [5, 5.41) is 11.8. The van der Waals surface area contributed by atoms with Crippen LogP contribution in [0.4, 0.5) is 10.5 Å². The number of hydrogen-bond donors (Lipinski definition) is 2. The number of carbonyl (C=O) groups excluding carboxylic acids is 2. The highest BCUT2D eigenvalue weighted by molar-refractivity contribution is 7.10. The van der Waals surface area contributed by atoms with E-state index >= 15 is 0 Å². The van der Waals surface area contributed by atoms with Crippen LogP contribution in [-0.4, -0.2) is 46.8 Å². The van der Waals surface area contributed by atoms with Crippen LogP contribution in [0.3, 0.4) is 0 Å². The predicted octanol–water partition coefficient (Wildman–Crippen LogP) is 2.48. The Balaban J connectivity index is 1.65. The van der Waals surface area contributed by atoms with Crippen molar-refractivity contribution in [3.05, 3.63) is 34.3 Å². The van der Waals surface area contributed by atoms with E-state index in [1.54, 1.807) is 35.3 Å². The Hall–Kier alpha value is -2.35. The summed E-state index contributed by atoms with van der Waals surface area (Å²) >= 11 is 1.61. The third kappa shape index (κ3) is 3.43. The Bertz CT molecular complexity index is 738. The van der Waals surface area contributed by atoms with E-state index in [1.165, 1.54) is 0 Å². The number of aryl methyl sites for hydroxylation is 1. The van der Waals surface area contributed by atoms with Crippen LogP contribution in [0.5, 0.6) is 0 Å². The molecule has 2 aromatic rings. The molecule has 1 fully saturated rings. The molecule has 3 amide bonds. The average Bonchev–Trinajstić information content (AvgIpc) is 3.24. The molecule has 8 heteroatoms. The summed E-state index contributed by atoms with van der Waals surface area (Å²) in [5.74, 6) is -0.202. The first kappa shape index (κ1) is 16.5. The summed E-state index contributed by atoms with van der Waals surface area (Å²) in [6, 6.07) is 3.63. The minimum Gasteiger partial charge on any atom is -0.354 e. The van der Waals surface area contributed by atoms with Crippen molar-refractivity contribution >= 4 is 29.0 Å². The normalized spacial score (nSPS) is 17.6. The van der Waals surface area contributed by atoms with Crippen molar-refractivity contribution in [3.8, 4) is 0 Å². The first-order chi connectivity index (χ1) is 11.6. The number of anilines is 1. The highest BCUT2D eigenvalue weighted by Crippen LogP contribution is 2.24. The van der Waals surface area contributed by atoms with Crippen molar-refractivity contribution in [2.75, 3.05) is 25.5 Å². The van der Waals surface area contributed by atoms with Gasteiger partial charge >= 0.3 is 6.03 Å². The van der Waals surface area contributed by atoms with E-state index in [4.69, 9.17) is 0 Å². The van der Waals surface area contributed by atoms with Crippen molar-refractivity contribution < 1.29 is 9.59 Å². The topological polar surface area (TPSA) is 79.3 Å². The number of urea groups is 1. The van der Waals surface area contributed by atoms with E-state index in [-0.39, 0.29) is 18.0 Å². The zero-order valence-electron chi connectivity index (χ0n) is 13.8. The number of amides is 3. The summed E-state index contributed by atoms with van der Waals surface area (Å²) in [7, 11) is 1.58. The molecule has 24 heavy (non-hydrogen) atoms. The van der Waals surface area contributed by atoms with Gasteiger partial charge in [0, 0.05) is 31.2 Å². The molecule has 128 valence electrons. The maximum Gasteiger partial charge on any atom is 0.321 e. The second-order valence-corrected chi connectivity index (χ2v) is 6.94. The van der Waals surface area contributed by atoms with E-state index in [0.29, 0.717) is 12.2 Å². The van der Waals surface area contributed by atoms with E-state index < -0.39 is 0 Å². The molecule has 1 aliphatic heterocycles. The minimum atomic E-state index is -0.202. The van der Waals surface area contributed by atoms with E-state index in [1.807, 2.05) is 23.3 Å². The smallest absolute Gasteiger partial charge is 0.321 e. The lowest BCUT2D eigenvalue weighted by Gasteiger charge is -2.32. The molecule has 0 radical (unpaired) electrons. The predicted molar refractivity (Wildman–Crippen MR) is 93.5 cm³/mol. The molecule has 7 nitrogen and oxygen atoms in total. The van der Waals surface area contributed by atoms with Gasteiger partial charge in [-0.15, -0.1) is 11.3 Å². The van der Waals surface area contributed by atoms with Gasteiger partial charge in [-0.1, -0.05) is 0 Å². The molecule has 1 unspecified atom stereocenters. The Kier molecular flexibility index (Phi) is 4.84. The molecule has 3 heterocycles. The van der Waals surface area contributed by atoms with Gasteiger partial charge in [0.05, 0.1) is 11.7 Å². The van der Waals surface area contributed by atoms with E-state index in [9.17, 15) is 9.59 Å². The van der Waals surface area contributed by atoms with Crippen molar-refractivity contribution in [1.29, 1.82) is 0 Å². The number of likely N-dealkylation sites (tertiary alicyclic amines) is 1. The van der Waals surface area contributed by atoms with Gasteiger partial charge in [-0.2, -0.15) is 5.10 Å². The fourth-order valence-electron chi connectivity index (χ4n) is 2.85. The number of aromatic nitrogens is 2. The summed E-state index contributed by atoms with van der Waals surface area (Å²) in [5.41, 5.74) is 1.26. The zero-order valence-corrected chi connectivity index (χ0v) is 14.6. The highest BCUT2D eigenvalue weighted by Gasteiger charge is 2.26. The number of hydrogen-bond acceptors (Lipinski definition) is 4. The molecule has 2 N–H and O–H groups in total. The van der Waals surface area contributed by atoms with Crippen LogP contribution >= 0.6 is 11.3 Å². The molecule has 2 aromatic heterocycles. The molecule has 0 spiro atoms.